The molecule has 0 saturated carbocycles. The van der Waals surface area contributed by atoms with Crippen molar-refractivity contribution in [3.63, 3.8) is 0 Å². The SMILES string of the molecule is Cc1ccc(-c2cnc(CNN3CCN(C)CC3)s2)s1. The summed E-state index contributed by atoms with van der Waals surface area (Å²) in [6.07, 6.45) is 2.00. The normalized spacial score (nSPS) is 17.7. The second-order valence-corrected chi connectivity index (χ2v) is 7.56. The number of nitrogens with one attached hydrogen (secondary N) is 1. The molecular formula is C14H20N4S2. The summed E-state index contributed by atoms with van der Waals surface area (Å²) in [7, 11) is 2.17. The number of aromatic nitrogens is 1. The van der Waals surface area contributed by atoms with Gasteiger partial charge in [0.05, 0.1) is 11.4 Å². The Kier molecular flexibility index (Phi) is 4.48. The molecular weight excluding hydrogens is 288 g/mol. The Balaban J connectivity index is 1.55. The average molecular weight is 308 g/mol. The quantitative estimate of drug-likeness (QED) is 0.940. The predicted octanol–water partition coefficient (Wildman–Crippen LogP) is 2.43. The van der Waals surface area contributed by atoms with E-state index in [0.29, 0.717) is 0 Å². The van der Waals surface area contributed by atoms with Gasteiger partial charge in [0.15, 0.2) is 0 Å². The van der Waals surface area contributed by atoms with Crippen molar-refractivity contribution in [2.75, 3.05) is 33.2 Å². The van der Waals surface area contributed by atoms with E-state index in [0.717, 1.165) is 37.7 Å². The zero-order chi connectivity index (χ0) is 13.9. The molecule has 0 atom stereocenters. The molecule has 108 valence electrons. The Morgan fingerprint density at radius 3 is 2.65 bits per heavy atom. The van der Waals surface area contributed by atoms with Gasteiger partial charge in [-0.05, 0) is 26.1 Å². The molecule has 1 fully saturated rings. The number of rotatable bonds is 4. The molecule has 3 heterocycles. The topological polar surface area (TPSA) is 31.4 Å². The van der Waals surface area contributed by atoms with Crippen molar-refractivity contribution in [1.82, 2.24) is 20.3 Å². The third-order valence-corrected chi connectivity index (χ3v) is 5.69. The van der Waals surface area contributed by atoms with Gasteiger partial charge in [-0.25, -0.2) is 15.4 Å². The van der Waals surface area contributed by atoms with E-state index in [1.54, 1.807) is 11.3 Å². The summed E-state index contributed by atoms with van der Waals surface area (Å²) in [6, 6.07) is 4.35. The monoisotopic (exact) mass is 308 g/mol. The summed E-state index contributed by atoms with van der Waals surface area (Å²) < 4.78 is 0. The van der Waals surface area contributed by atoms with Crippen LogP contribution in [0.1, 0.15) is 9.88 Å². The summed E-state index contributed by atoms with van der Waals surface area (Å²) in [5.41, 5.74) is 3.49. The molecule has 3 rings (SSSR count). The Hall–Kier alpha value is -0.790. The van der Waals surface area contributed by atoms with Crippen LogP contribution in [0.25, 0.3) is 9.75 Å². The third kappa shape index (κ3) is 3.45. The van der Waals surface area contributed by atoms with Crippen molar-refractivity contribution in [2.24, 2.45) is 0 Å². The molecule has 4 nitrogen and oxygen atoms in total. The van der Waals surface area contributed by atoms with E-state index >= 15 is 0 Å². The summed E-state index contributed by atoms with van der Waals surface area (Å²) in [5, 5.41) is 3.46. The number of thiazole rings is 1. The maximum atomic E-state index is 4.53. The van der Waals surface area contributed by atoms with Crippen LogP contribution in [0.3, 0.4) is 0 Å². The van der Waals surface area contributed by atoms with Gasteiger partial charge in [-0.15, -0.1) is 22.7 Å². The van der Waals surface area contributed by atoms with Crippen LogP contribution in [0.2, 0.25) is 0 Å². The molecule has 0 unspecified atom stereocenters. The lowest BCUT2D eigenvalue weighted by molar-refractivity contribution is 0.102. The van der Waals surface area contributed by atoms with E-state index in [9.17, 15) is 0 Å². The predicted molar refractivity (Wildman–Crippen MR) is 86.1 cm³/mol. The standard InChI is InChI=1S/C14H20N4S2/c1-11-3-4-12(19-11)13-9-15-14(20-13)10-16-18-7-5-17(2)6-8-18/h3-4,9,16H,5-8,10H2,1-2H3. The average Bonchev–Trinajstić information content (AvgIpc) is 3.07. The summed E-state index contributed by atoms with van der Waals surface area (Å²) in [5.74, 6) is 0. The maximum Gasteiger partial charge on any atom is 0.108 e. The lowest BCUT2D eigenvalue weighted by Gasteiger charge is -2.32. The van der Waals surface area contributed by atoms with Crippen LogP contribution in [0.5, 0.6) is 0 Å². The van der Waals surface area contributed by atoms with Crippen molar-refractivity contribution in [1.29, 1.82) is 0 Å². The van der Waals surface area contributed by atoms with Crippen molar-refractivity contribution < 1.29 is 0 Å². The van der Waals surface area contributed by atoms with Crippen LogP contribution >= 0.6 is 22.7 Å². The van der Waals surface area contributed by atoms with E-state index in [1.807, 2.05) is 17.5 Å². The molecule has 0 aliphatic carbocycles. The van der Waals surface area contributed by atoms with Crippen LogP contribution in [0.15, 0.2) is 18.3 Å². The first kappa shape index (κ1) is 14.2. The number of hydrazine groups is 1. The molecule has 1 aliphatic heterocycles. The number of piperazine rings is 1. The minimum Gasteiger partial charge on any atom is -0.304 e. The Labute approximate surface area is 128 Å². The molecule has 20 heavy (non-hydrogen) atoms. The van der Waals surface area contributed by atoms with Crippen LogP contribution in [-0.4, -0.2) is 48.1 Å². The first-order chi connectivity index (χ1) is 9.70. The van der Waals surface area contributed by atoms with E-state index in [4.69, 9.17) is 0 Å². The summed E-state index contributed by atoms with van der Waals surface area (Å²) >= 11 is 3.62. The van der Waals surface area contributed by atoms with Gasteiger partial charge < -0.3 is 4.90 Å². The van der Waals surface area contributed by atoms with E-state index in [2.05, 4.69) is 46.4 Å². The second kappa shape index (κ2) is 6.32. The molecule has 2 aromatic heterocycles. The molecule has 2 aromatic rings. The minimum atomic E-state index is 0.832. The molecule has 6 heteroatoms. The highest BCUT2D eigenvalue weighted by atomic mass is 32.1. The maximum absolute atomic E-state index is 4.53. The number of hydrogen-bond acceptors (Lipinski definition) is 6. The lowest BCUT2D eigenvalue weighted by atomic mass is 10.4. The molecule has 1 N–H and O–H groups in total. The van der Waals surface area contributed by atoms with Gasteiger partial charge in [0.2, 0.25) is 0 Å². The number of thiophene rings is 1. The van der Waals surface area contributed by atoms with Gasteiger partial charge in [-0.1, -0.05) is 0 Å². The zero-order valence-electron chi connectivity index (χ0n) is 11.9. The fourth-order valence-electron chi connectivity index (χ4n) is 2.22. The first-order valence-corrected chi connectivity index (χ1v) is 8.52. The minimum absolute atomic E-state index is 0.832. The van der Waals surface area contributed by atoms with Gasteiger partial charge in [0, 0.05) is 42.1 Å². The molecule has 0 spiro atoms. The first-order valence-electron chi connectivity index (χ1n) is 6.89. The highest BCUT2D eigenvalue weighted by molar-refractivity contribution is 7.21. The second-order valence-electron chi connectivity index (χ2n) is 5.15. The van der Waals surface area contributed by atoms with Gasteiger partial charge in [-0.3, -0.25) is 0 Å². The number of aryl methyl sites for hydroxylation is 1. The van der Waals surface area contributed by atoms with Crippen LogP contribution < -0.4 is 5.43 Å². The van der Waals surface area contributed by atoms with Crippen molar-refractivity contribution in [3.05, 3.63) is 28.2 Å². The molecule has 0 radical (unpaired) electrons. The van der Waals surface area contributed by atoms with Crippen molar-refractivity contribution in [2.45, 2.75) is 13.5 Å². The largest absolute Gasteiger partial charge is 0.304 e. The number of likely N-dealkylation sites (N-methyl/N-ethyl adjacent to an activating group) is 1. The van der Waals surface area contributed by atoms with Gasteiger partial charge in [0.1, 0.15) is 5.01 Å². The van der Waals surface area contributed by atoms with Crippen LogP contribution in [0, 0.1) is 6.92 Å². The molecule has 0 bridgehead atoms. The van der Waals surface area contributed by atoms with Crippen molar-refractivity contribution >= 4 is 22.7 Å². The number of nitrogens with zero attached hydrogens (tertiary/aromatic N) is 3. The lowest BCUT2D eigenvalue weighted by Crippen LogP contribution is -2.50. The smallest absolute Gasteiger partial charge is 0.108 e. The summed E-state index contributed by atoms with van der Waals surface area (Å²) in [4.78, 5) is 10.8. The Bertz CT molecular complexity index is 555. The fraction of sp³-hybridized carbons (Fsp3) is 0.500. The highest BCUT2D eigenvalue weighted by Crippen LogP contribution is 2.31. The highest BCUT2D eigenvalue weighted by Gasteiger charge is 2.14. The van der Waals surface area contributed by atoms with E-state index in [1.165, 1.54) is 14.6 Å². The van der Waals surface area contributed by atoms with Crippen molar-refractivity contribution in [3.8, 4) is 9.75 Å². The zero-order valence-corrected chi connectivity index (χ0v) is 13.6. The number of hydrogen-bond donors (Lipinski definition) is 1. The Morgan fingerprint density at radius 1 is 1.15 bits per heavy atom. The summed E-state index contributed by atoms with van der Waals surface area (Å²) in [6.45, 7) is 7.40. The van der Waals surface area contributed by atoms with Crippen LogP contribution in [-0.2, 0) is 6.54 Å². The van der Waals surface area contributed by atoms with Crippen LogP contribution in [0.4, 0.5) is 0 Å². The molecule has 0 amide bonds. The van der Waals surface area contributed by atoms with E-state index in [-0.39, 0.29) is 0 Å². The molecule has 1 aliphatic rings. The third-order valence-electron chi connectivity index (χ3n) is 3.49. The molecule has 0 aromatic carbocycles. The van der Waals surface area contributed by atoms with Gasteiger partial charge in [-0.2, -0.15) is 0 Å². The van der Waals surface area contributed by atoms with E-state index < -0.39 is 0 Å². The Morgan fingerprint density at radius 2 is 1.95 bits per heavy atom. The van der Waals surface area contributed by atoms with Gasteiger partial charge in [0.25, 0.3) is 0 Å². The fourth-order valence-corrected chi connectivity index (χ4v) is 4.01. The van der Waals surface area contributed by atoms with Gasteiger partial charge >= 0.3 is 0 Å². The molecule has 1 saturated heterocycles.